The number of aryl methyl sites for hydroxylation is 1. The second-order valence-corrected chi connectivity index (χ2v) is 8.00. The Bertz CT molecular complexity index is 1630. The smallest absolute Gasteiger partial charge is 0.195 e. The molecule has 0 bridgehead atoms. The molecule has 0 aliphatic carbocycles. The van der Waals surface area contributed by atoms with Crippen LogP contribution in [0.3, 0.4) is 0 Å². The number of allylic oxidation sites excluding steroid dienone is 1. The zero-order valence-electron chi connectivity index (χ0n) is 19.0. The predicted molar refractivity (Wildman–Crippen MR) is 127 cm³/mol. The van der Waals surface area contributed by atoms with Gasteiger partial charge in [-0.2, -0.15) is 0 Å². The summed E-state index contributed by atoms with van der Waals surface area (Å²) in [5.41, 5.74) is -0.715. The number of hydrogen-bond donors (Lipinski definition) is 0. The first-order chi connectivity index (χ1) is 17.7. The number of benzene rings is 4. The van der Waals surface area contributed by atoms with Crippen LogP contribution in [0.25, 0.3) is 10.8 Å². The van der Waals surface area contributed by atoms with Crippen LogP contribution in [0.1, 0.15) is 34.2 Å². The van der Waals surface area contributed by atoms with E-state index in [2.05, 4.69) is 30.3 Å². The second-order valence-electron chi connectivity index (χ2n) is 8.00. The van der Waals surface area contributed by atoms with Gasteiger partial charge in [0.15, 0.2) is 17.5 Å². The molecule has 0 saturated carbocycles. The molecule has 0 saturated heterocycles. The highest BCUT2D eigenvalue weighted by atomic mass is 19.2. The fourth-order valence-electron chi connectivity index (χ4n) is 3.57. The minimum atomic E-state index is -1.61. The Labute approximate surface area is 208 Å². The summed E-state index contributed by atoms with van der Waals surface area (Å²) in [6.45, 7) is 3.55. The van der Waals surface area contributed by atoms with Gasteiger partial charge in [-0.25, -0.2) is 30.7 Å². The molecule has 184 valence electrons. The molecule has 0 aromatic heterocycles. The Kier molecular flexibility index (Phi) is 7.36. The highest BCUT2D eigenvalue weighted by molar-refractivity contribution is 5.84. The summed E-state index contributed by atoms with van der Waals surface area (Å²) in [6, 6.07) is 8.50. The number of halogens is 7. The second kappa shape index (κ2) is 10.6. The molecule has 0 spiro atoms. The zero-order valence-corrected chi connectivity index (χ0v) is 19.0. The number of hydrogen-bond acceptors (Lipinski definition) is 0. The third kappa shape index (κ3) is 5.52. The summed E-state index contributed by atoms with van der Waals surface area (Å²) in [4.78, 5) is 0. The first-order valence-corrected chi connectivity index (χ1v) is 10.9. The van der Waals surface area contributed by atoms with Crippen molar-refractivity contribution in [1.29, 1.82) is 0 Å². The fourth-order valence-corrected chi connectivity index (χ4v) is 3.57. The van der Waals surface area contributed by atoms with Crippen molar-refractivity contribution < 1.29 is 30.7 Å². The third-order valence-electron chi connectivity index (χ3n) is 5.42. The summed E-state index contributed by atoms with van der Waals surface area (Å²) < 4.78 is 98.5. The van der Waals surface area contributed by atoms with Gasteiger partial charge in [0, 0.05) is 16.5 Å². The lowest BCUT2D eigenvalue weighted by molar-refractivity contribution is 0.453. The van der Waals surface area contributed by atoms with Crippen molar-refractivity contribution >= 4 is 10.8 Å². The van der Waals surface area contributed by atoms with Crippen LogP contribution >= 0.6 is 0 Å². The highest BCUT2D eigenvalue weighted by Gasteiger charge is 2.14. The lowest BCUT2D eigenvalue weighted by atomic mass is 10.0. The van der Waals surface area contributed by atoms with Crippen molar-refractivity contribution in [2.75, 3.05) is 0 Å². The molecule has 0 radical (unpaired) electrons. The molecule has 4 rings (SSSR count). The van der Waals surface area contributed by atoms with E-state index in [0.29, 0.717) is 18.4 Å². The molecule has 7 heteroatoms. The molecule has 0 amide bonds. The average Bonchev–Trinajstić information content (AvgIpc) is 2.85. The van der Waals surface area contributed by atoms with Crippen LogP contribution < -0.4 is 0 Å². The molecule has 0 fully saturated rings. The van der Waals surface area contributed by atoms with E-state index in [4.69, 9.17) is 0 Å². The topological polar surface area (TPSA) is 0 Å². The lowest BCUT2D eigenvalue weighted by Gasteiger charge is -2.03. The van der Waals surface area contributed by atoms with E-state index in [1.807, 2.05) is 0 Å². The molecule has 37 heavy (non-hydrogen) atoms. The van der Waals surface area contributed by atoms with Crippen molar-refractivity contribution in [2.24, 2.45) is 0 Å². The number of rotatable bonds is 3. The molecule has 4 aromatic carbocycles. The van der Waals surface area contributed by atoms with Crippen LogP contribution in [0.5, 0.6) is 0 Å². The van der Waals surface area contributed by atoms with Gasteiger partial charge in [-0.15, -0.1) is 6.58 Å². The van der Waals surface area contributed by atoms with Crippen LogP contribution in [-0.2, 0) is 6.42 Å². The minimum absolute atomic E-state index is 0.0166. The van der Waals surface area contributed by atoms with Crippen molar-refractivity contribution in [2.45, 2.75) is 12.8 Å². The van der Waals surface area contributed by atoms with Crippen LogP contribution in [0.15, 0.2) is 61.2 Å². The first-order valence-electron chi connectivity index (χ1n) is 10.9. The Morgan fingerprint density at radius 3 is 1.76 bits per heavy atom. The predicted octanol–water partition coefficient (Wildman–Crippen LogP) is 7.73. The van der Waals surface area contributed by atoms with Crippen molar-refractivity contribution in [1.82, 2.24) is 0 Å². The Balaban J connectivity index is 1.62. The fraction of sp³-hybridized carbons (Fsp3) is 0.0667. The van der Waals surface area contributed by atoms with Gasteiger partial charge in [0.05, 0.1) is 11.1 Å². The summed E-state index contributed by atoms with van der Waals surface area (Å²) in [5.74, 6) is 1.13. The quantitative estimate of drug-likeness (QED) is 0.115. The van der Waals surface area contributed by atoms with Crippen LogP contribution in [0.4, 0.5) is 30.7 Å². The average molecular weight is 508 g/mol. The maximum absolute atomic E-state index is 14.6. The summed E-state index contributed by atoms with van der Waals surface area (Å²) in [5, 5.41) is -0.160. The van der Waals surface area contributed by atoms with Gasteiger partial charge in [-0.3, -0.25) is 0 Å². The van der Waals surface area contributed by atoms with Crippen molar-refractivity contribution in [3.05, 3.63) is 130 Å². The Morgan fingerprint density at radius 1 is 0.595 bits per heavy atom. The van der Waals surface area contributed by atoms with Gasteiger partial charge >= 0.3 is 0 Å². The van der Waals surface area contributed by atoms with E-state index in [0.717, 1.165) is 30.3 Å². The summed E-state index contributed by atoms with van der Waals surface area (Å²) in [6.07, 6.45) is 2.55. The van der Waals surface area contributed by atoms with Gasteiger partial charge in [-0.05, 0) is 66.3 Å². The van der Waals surface area contributed by atoms with E-state index < -0.39 is 51.8 Å². The van der Waals surface area contributed by atoms with Gasteiger partial charge in [0.25, 0.3) is 0 Å². The van der Waals surface area contributed by atoms with Gasteiger partial charge in [0.2, 0.25) is 0 Å². The van der Waals surface area contributed by atoms with Gasteiger partial charge < -0.3 is 0 Å². The van der Waals surface area contributed by atoms with E-state index >= 15 is 0 Å². The Hall–Kier alpha value is -4.49. The molecule has 0 nitrogen and oxygen atoms in total. The maximum atomic E-state index is 14.6. The molecule has 4 aromatic rings. The Morgan fingerprint density at radius 2 is 1.16 bits per heavy atom. The van der Waals surface area contributed by atoms with Gasteiger partial charge in [-0.1, -0.05) is 35.8 Å². The van der Waals surface area contributed by atoms with Gasteiger partial charge in [0.1, 0.15) is 23.3 Å². The van der Waals surface area contributed by atoms with Crippen molar-refractivity contribution in [3.63, 3.8) is 0 Å². The molecule has 0 unspecified atom stereocenters. The lowest BCUT2D eigenvalue weighted by Crippen LogP contribution is -1.96. The normalized spacial score (nSPS) is 10.5. The SMILES string of the molecule is C=CCCc1cc(F)c(C#Cc2cc(F)c(C#Cc3ccc4c(F)c(F)c(F)cc4c3)c(F)c2)c(F)c1. The molecule has 0 heterocycles. The van der Waals surface area contributed by atoms with E-state index in [-0.39, 0.29) is 21.9 Å². The van der Waals surface area contributed by atoms with Crippen molar-refractivity contribution in [3.8, 4) is 23.7 Å². The van der Waals surface area contributed by atoms with E-state index in [1.165, 1.54) is 18.2 Å². The molecule has 0 aliphatic rings. The zero-order chi connectivity index (χ0) is 26.7. The molecule has 0 atom stereocenters. The monoisotopic (exact) mass is 508 g/mol. The largest absolute Gasteiger partial charge is 0.206 e. The summed E-state index contributed by atoms with van der Waals surface area (Å²) >= 11 is 0. The highest BCUT2D eigenvalue weighted by Crippen LogP contribution is 2.24. The molecular weight excluding hydrogens is 493 g/mol. The number of fused-ring (bicyclic) bond motifs is 1. The third-order valence-corrected chi connectivity index (χ3v) is 5.42. The minimum Gasteiger partial charge on any atom is -0.206 e. The van der Waals surface area contributed by atoms with E-state index in [1.54, 1.807) is 6.08 Å². The van der Waals surface area contributed by atoms with Crippen LogP contribution in [0.2, 0.25) is 0 Å². The molecule has 0 aliphatic heterocycles. The van der Waals surface area contributed by atoms with E-state index in [9.17, 15) is 30.7 Å². The summed E-state index contributed by atoms with van der Waals surface area (Å²) in [7, 11) is 0. The molecule has 0 N–H and O–H groups in total. The first kappa shape index (κ1) is 25.6. The standard InChI is InChI=1S/C30H15F7/c1-2-3-4-18-12-24(31)23(25(32)13-18)10-7-19-14-26(33)22(27(34)15-19)9-6-17-5-8-21-20(11-17)16-28(35)30(37)29(21)36/h2,5,8,11-16H,1,3-4H2. The van der Waals surface area contributed by atoms with Crippen LogP contribution in [-0.4, -0.2) is 0 Å². The maximum Gasteiger partial charge on any atom is 0.195 e. The molecular formula is C30H15F7. The van der Waals surface area contributed by atoms with Crippen LogP contribution in [0, 0.1) is 64.4 Å².